The first-order chi connectivity index (χ1) is 22.6. The van der Waals surface area contributed by atoms with Gasteiger partial charge >= 0.3 is 12.2 Å². The number of morpholine rings is 1. The van der Waals surface area contributed by atoms with Gasteiger partial charge in [-0.2, -0.15) is 0 Å². The minimum Gasteiger partial charge on any atom is -0.445 e. The van der Waals surface area contributed by atoms with E-state index in [1.54, 1.807) is 4.90 Å². The van der Waals surface area contributed by atoms with Crippen molar-refractivity contribution in [2.24, 2.45) is 11.3 Å². The van der Waals surface area contributed by atoms with Gasteiger partial charge in [0.2, 0.25) is 5.91 Å². The van der Waals surface area contributed by atoms with Crippen molar-refractivity contribution < 1.29 is 33.3 Å². The van der Waals surface area contributed by atoms with Crippen LogP contribution in [0.1, 0.15) is 70.1 Å². The maximum atomic E-state index is 14.0. The number of ether oxygens (including phenoxy) is 4. The van der Waals surface area contributed by atoms with E-state index in [0.29, 0.717) is 45.2 Å². The van der Waals surface area contributed by atoms with E-state index < -0.39 is 17.7 Å². The summed E-state index contributed by atoms with van der Waals surface area (Å²) in [6, 6.07) is 18.8. The number of hydrogen-bond acceptors (Lipinski definition) is 7. The van der Waals surface area contributed by atoms with Crippen LogP contribution in [0.5, 0.6) is 0 Å². The zero-order valence-corrected chi connectivity index (χ0v) is 28.0. The van der Waals surface area contributed by atoms with E-state index in [0.717, 1.165) is 49.9 Å². The molecule has 4 fully saturated rings. The van der Waals surface area contributed by atoms with Crippen molar-refractivity contribution in [3.8, 4) is 0 Å². The van der Waals surface area contributed by atoms with Gasteiger partial charge in [0, 0.05) is 32.7 Å². The van der Waals surface area contributed by atoms with Crippen LogP contribution in [0.2, 0.25) is 0 Å². The van der Waals surface area contributed by atoms with Crippen molar-refractivity contribution in [3.05, 3.63) is 71.8 Å². The van der Waals surface area contributed by atoms with Gasteiger partial charge < -0.3 is 28.7 Å². The molecule has 1 saturated carbocycles. The normalized spacial score (nSPS) is 24.6. The average Bonchev–Trinajstić information content (AvgIpc) is 3.50. The van der Waals surface area contributed by atoms with Crippen molar-refractivity contribution in [1.82, 2.24) is 14.7 Å². The number of carbonyl (C=O) groups is 3. The van der Waals surface area contributed by atoms with E-state index in [2.05, 4.69) is 0 Å². The van der Waals surface area contributed by atoms with Gasteiger partial charge in [0.15, 0.2) is 0 Å². The molecule has 2 aromatic rings. The van der Waals surface area contributed by atoms with Crippen molar-refractivity contribution in [1.29, 1.82) is 0 Å². The van der Waals surface area contributed by atoms with E-state index >= 15 is 0 Å². The molecule has 1 spiro atoms. The molecule has 0 aromatic heterocycles. The molecule has 0 bridgehead atoms. The van der Waals surface area contributed by atoms with E-state index in [1.807, 2.05) is 91.2 Å². The maximum absolute atomic E-state index is 14.0. The summed E-state index contributed by atoms with van der Waals surface area (Å²) >= 11 is 0. The largest absolute Gasteiger partial charge is 0.445 e. The Labute approximate surface area is 278 Å². The maximum Gasteiger partial charge on any atom is 0.410 e. The zero-order valence-electron chi connectivity index (χ0n) is 28.0. The van der Waals surface area contributed by atoms with E-state index in [4.69, 9.17) is 18.9 Å². The van der Waals surface area contributed by atoms with Gasteiger partial charge in [0.25, 0.3) is 0 Å². The number of benzene rings is 2. The third-order valence-corrected chi connectivity index (χ3v) is 10.0. The standard InChI is InChI=1S/C37H49N3O7/c1-36(2,3)47-34(42)38-16-14-37(15-17-38)21-28(22-37)26-45-30-20-31(40(23-30)35(43)46-25-27-10-6-4-7-11-27)33(41)39-18-19-44-32(24-39)29-12-8-5-9-13-29/h4-13,28,30-32H,14-26H2,1-3H3/t30-,31-,32-/m0/s1. The van der Waals surface area contributed by atoms with Crippen LogP contribution in [0.3, 0.4) is 0 Å². The lowest BCUT2D eigenvalue weighted by atomic mass is 9.58. The summed E-state index contributed by atoms with van der Waals surface area (Å²) in [6.45, 7) is 9.55. The molecule has 3 aliphatic heterocycles. The summed E-state index contributed by atoms with van der Waals surface area (Å²) in [4.78, 5) is 45.1. The highest BCUT2D eigenvalue weighted by atomic mass is 16.6. The van der Waals surface area contributed by atoms with Crippen LogP contribution in [-0.2, 0) is 30.3 Å². The molecule has 2 aromatic carbocycles. The highest BCUT2D eigenvalue weighted by Gasteiger charge is 2.48. The topological polar surface area (TPSA) is 97.9 Å². The van der Waals surface area contributed by atoms with E-state index in [-0.39, 0.29) is 36.2 Å². The molecule has 10 heteroatoms. The van der Waals surface area contributed by atoms with Gasteiger partial charge in [-0.25, -0.2) is 9.59 Å². The Morgan fingerprint density at radius 3 is 2.23 bits per heavy atom. The molecule has 0 unspecified atom stereocenters. The molecule has 1 aliphatic carbocycles. The molecule has 3 heterocycles. The van der Waals surface area contributed by atoms with Crippen LogP contribution in [0, 0.1) is 11.3 Å². The minimum absolute atomic E-state index is 0.0867. The molecule has 3 saturated heterocycles. The van der Waals surface area contributed by atoms with E-state index in [1.165, 1.54) is 0 Å². The first kappa shape index (κ1) is 33.3. The quantitative estimate of drug-likeness (QED) is 0.374. The van der Waals surface area contributed by atoms with E-state index in [9.17, 15) is 14.4 Å². The molecule has 3 amide bonds. The van der Waals surface area contributed by atoms with Crippen molar-refractivity contribution in [3.63, 3.8) is 0 Å². The van der Waals surface area contributed by atoms with Crippen LogP contribution < -0.4 is 0 Å². The number of likely N-dealkylation sites (tertiary alicyclic amines) is 2. The van der Waals surface area contributed by atoms with Crippen LogP contribution in [0.4, 0.5) is 9.59 Å². The van der Waals surface area contributed by atoms with Crippen LogP contribution >= 0.6 is 0 Å². The fourth-order valence-electron chi connectivity index (χ4n) is 7.54. The molecular weight excluding hydrogens is 598 g/mol. The second-order valence-corrected chi connectivity index (χ2v) is 14.7. The Kier molecular flexibility index (Phi) is 10.1. The predicted molar refractivity (Wildman–Crippen MR) is 175 cm³/mol. The summed E-state index contributed by atoms with van der Waals surface area (Å²) in [5.74, 6) is 0.346. The predicted octanol–water partition coefficient (Wildman–Crippen LogP) is 5.81. The lowest BCUT2D eigenvalue weighted by molar-refractivity contribution is -0.143. The number of nitrogens with zero attached hydrogens (tertiary/aromatic N) is 3. The summed E-state index contributed by atoms with van der Waals surface area (Å²) in [7, 11) is 0. The fourth-order valence-corrected chi connectivity index (χ4v) is 7.54. The molecular formula is C37H49N3O7. The molecule has 6 rings (SSSR count). The van der Waals surface area contributed by atoms with Crippen molar-refractivity contribution in [2.45, 2.75) is 83.3 Å². The molecule has 47 heavy (non-hydrogen) atoms. The molecule has 4 aliphatic rings. The minimum atomic E-state index is -0.650. The van der Waals surface area contributed by atoms with Gasteiger partial charge in [0.05, 0.1) is 25.8 Å². The SMILES string of the molecule is CC(C)(C)OC(=O)N1CCC2(CC1)CC(CO[C@H]1C[C@@H](C(=O)N3CCO[C@H](c4ccccc4)C3)N(C(=O)OCc3ccccc3)C1)C2. The molecule has 10 nitrogen and oxygen atoms in total. The Morgan fingerprint density at radius 1 is 0.872 bits per heavy atom. The second kappa shape index (κ2) is 14.2. The number of amides is 3. The monoisotopic (exact) mass is 647 g/mol. The van der Waals surface area contributed by atoms with Crippen molar-refractivity contribution in [2.75, 3.05) is 45.9 Å². The van der Waals surface area contributed by atoms with Gasteiger partial charge in [-0.1, -0.05) is 60.7 Å². The highest BCUT2D eigenvalue weighted by molar-refractivity contribution is 5.86. The molecule has 0 N–H and O–H groups in total. The number of piperidine rings is 1. The van der Waals surface area contributed by atoms with Crippen LogP contribution in [-0.4, -0.2) is 96.5 Å². The number of hydrogen-bond donors (Lipinski definition) is 0. The van der Waals surface area contributed by atoms with Gasteiger partial charge in [0.1, 0.15) is 24.4 Å². The zero-order chi connectivity index (χ0) is 33.0. The van der Waals surface area contributed by atoms with Gasteiger partial charge in [-0.05, 0) is 68.9 Å². The number of carbonyl (C=O) groups excluding carboxylic acids is 3. The Morgan fingerprint density at radius 2 is 1.55 bits per heavy atom. The summed E-state index contributed by atoms with van der Waals surface area (Å²) in [5, 5.41) is 0. The highest BCUT2D eigenvalue weighted by Crippen LogP contribution is 2.52. The first-order valence-electron chi connectivity index (χ1n) is 17.1. The third-order valence-electron chi connectivity index (χ3n) is 10.0. The first-order valence-corrected chi connectivity index (χ1v) is 17.1. The smallest absolute Gasteiger partial charge is 0.410 e. The summed E-state index contributed by atoms with van der Waals surface area (Å²) < 4.78 is 23.7. The molecule has 3 atom stereocenters. The fraction of sp³-hybridized carbons (Fsp3) is 0.595. The molecule has 254 valence electrons. The summed E-state index contributed by atoms with van der Waals surface area (Å²) in [5.41, 5.74) is 1.70. The third kappa shape index (κ3) is 8.27. The Balaban J connectivity index is 1.03. The van der Waals surface area contributed by atoms with Crippen LogP contribution in [0.15, 0.2) is 60.7 Å². The lowest BCUT2D eigenvalue weighted by Gasteiger charge is -2.52. The average molecular weight is 648 g/mol. The summed E-state index contributed by atoms with van der Waals surface area (Å²) in [6.07, 6.45) is 3.37. The number of rotatable bonds is 7. The lowest BCUT2D eigenvalue weighted by Crippen LogP contribution is -2.51. The van der Waals surface area contributed by atoms with Crippen molar-refractivity contribution >= 4 is 18.1 Å². The Hall–Kier alpha value is -3.63. The van der Waals surface area contributed by atoms with Crippen LogP contribution in [0.25, 0.3) is 0 Å². The Bertz CT molecular complexity index is 1370. The van der Waals surface area contributed by atoms with Gasteiger partial charge in [-0.15, -0.1) is 0 Å². The molecule has 0 radical (unpaired) electrons. The van der Waals surface area contributed by atoms with Gasteiger partial charge in [-0.3, -0.25) is 9.69 Å². The second-order valence-electron chi connectivity index (χ2n) is 14.7.